The molecule has 13 fully saturated rings. The topological polar surface area (TPSA) is 181 Å². The summed E-state index contributed by atoms with van der Waals surface area (Å²) in [5, 5.41) is 39.6. The first-order chi connectivity index (χ1) is 35.2. The van der Waals surface area contributed by atoms with Crippen LogP contribution in [0.25, 0.3) is 0 Å². The number of hydrogen-bond acceptors (Lipinski definition) is 13. The van der Waals surface area contributed by atoms with Gasteiger partial charge in [0.15, 0.2) is 11.9 Å². The second kappa shape index (κ2) is 14.9. The molecule has 0 amide bonds. The molecule has 13 heteroatoms. The minimum Gasteiger partial charge on any atom is -0.469 e. The number of aliphatic hydroxyl groups excluding tert-OH is 3. The van der Waals surface area contributed by atoms with Crippen molar-refractivity contribution in [2.45, 2.75) is 177 Å². The molecule has 16 rings (SSSR count). The summed E-state index contributed by atoms with van der Waals surface area (Å²) in [6.45, 7) is 8.30. The molecule has 1 aromatic rings. The summed E-state index contributed by atoms with van der Waals surface area (Å²) < 4.78 is 35.4. The van der Waals surface area contributed by atoms with Gasteiger partial charge in [-0.15, -0.1) is 0 Å². The number of hydrogen-bond donors (Lipinski definition) is 4. The van der Waals surface area contributed by atoms with Gasteiger partial charge in [-0.25, -0.2) is 4.79 Å². The minimum atomic E-state index is -1.47. The quantitative estimate of drug-likeness (QED) is 0.119. The van der Waals surface area contributed by atoms with E-state index < -0.39 is 80.7 Å². The minimum absolute atomic E-state index is 0.00390. The molecule has 8 heterocycles. The summed E-state index contributed by atoms with van der Waals surface area (Å²) in [5.41, 5.74) is -4.88. The van der Waals surface area contributed by atoms with Crippen molar-refractivity contribution >= 4 is 17.7 Å². The van der Waals surface area contributed by atoms with Crippen molar-refractivity contribution < 1.29 is 53.1 Å². The fourth-order valence-corrected chi connectivity index (χ4v) is 24.0. The number of carbonyl (C=O) groups is 3. The largest absolute Gasteiger partial charge is 0.469 e. The lowest BCUT2D eigenvalue weighted by Gasteiger charge is -2.70. The Kier molecular flexibility index (Phi) is 9.42. The third-order valence-electron chi connectivity index (χ3n) is 26.3. The molecule has 1 aromatic heterocycles. The van der Waals surface area contributed by atoms with Crippen LogP contribution in [0.5, 0.6) is 0 Å². The van der Waals surface area contributed by atoms with Crippen LogP contribution in [0, 0.1) is 98.6 Å². The van der Waals surface area contributed by atoms with E-state index in [9.17, 15) is 20.1 Å². The van der Waals surface area contributed by atoms with Gasteiger partial charge in [0.05, 0.1) is 48.5 Å². The monoisotopic (exact) mass is 1000 g/mol. The van der Waals surface area contributed by atoms with E-state index in [1.807, 2.05) is 6.07 Å². The molecule has 8 aliphatic carbocycles. The second-order valence-electron chi connectivity index (χ2n) is 28.1. The Morgan fingerprint density at radius 2 is 1.78 bits per heavy atom. The van der Waals surface area contributed by atoms with Gasteiger partial charge in [-0.05, 0) is 147 Å². The van der Waals surface area contributed by atoms with E-state index in [4.69, 9.17) is 23.4 Å². The number of nitrogens with zero attached hydrogens (tertiary/aromatic N) is 1. The maximum atomic E-state index is 16.5. The van der Waals surface area contributed by atoms with Gasteiger partial charge >= 0.3 is 11.9 Å². The van der Waals surface area contributed by atoms with Crippen LogP contribution < -0.4 is 5.32 Å². The molecule has 0 unspecified atom stereocenters. The highest BCUT2D eigenvalue weighted by molar-refractivity contribution is 5.94. The Morgan fingerprint density at radius 3 is 2.62 bits per heavy atom. The molecule has 5 bridgehead atoms. The van der Waals surface area contributed by atoms with Crippen molar-refractivity contribution in [3.05, 3.63) is 47.6 Å². The maximum absolute atomic E-state index is 16.5. The lowest BCUT2D eigenvalue weighted by Crippen LogP contribution is -2.80. The van der Waals surface area contributed by atoms with E-state index in [0.717, 1.165) is 83.0 Å². The average Bonchev–Trinajstić information content (AvgIpc) is 4.13. The Balaban J connectivity index is 0.830. The van der Waals surface area contributed by atoms with E-state index in [-0.39, 0.29) is 60.5 Å². The Bertz CT molecular complexity index is 2630. The number of esters is 2. The van der Waals surface area contributed by atoms with Crippen LogP contribution in [0.1, 0.15) is 141 Å². The van der Waals surface area contributed by atoms with Crippen LogP contribution in [0.15, 0.2) is 40.7 Å². The van der Waals surface area contributed by atoms with Gasteiger partial charge in [-0.3, -0.25) is 14.9 Å². The number of Topliss-reactive ketones (excluding diaryl/α,β-unsaturated/α-hetero) is 1. The highest BCUT2D eigenvalue weighted by Crippen LogP contribution is 2.89. The van der Waals surface area contributed by atoms with Gasteiger partial charge in [-0.1, -0.05) is 71.4 Å². The lowest BCUT2D eigenvalue weighted by atomic mass is 9.32. The van der Waals surface area contributed by atoms with Gasteiger partial charge in [0.2, 0.25) is 0 Å². The van der Waals surface area contributed by atoms with Crippen molar-refractivity contribution in [3.63, 3.8) is 0 Å². The molecule has 4 N–H and O–H groups in total. The Morgan fingerprint density at radius 1 is 0.945 bits per heavy atom. The van der Waals surface area contributed by atoms with Crippen LogP contribution in [0.2, 0.25) is 0 Å². The van der Waals surface area contributed by atoms with Crippen LogP contribution in [-0.4, -0.2) is 106 Å². The van der Waals surface area contributed by atoms with Gasteiger partial charge in [-0.2, -0.15) is 0 Å². The molecular formula is C60H78N2O11. The molecule has 394 valence electrons. The Labute approximate surface area is 429 Å². The average molecular weight is 1000 g/mol. The number of ketones is 1. The third kappa shape index (κ3) is 5.11. The Hall–Kier alpha value is -3.07. The highest BCUT2D eigenvalue weighted by Gasteiger charge is 2.97. The normalized spacial score (nSPS) is 54.4. The van der Waals surface area contributed by atoms with Crippen molar-refractivity contribution in [2.75, 3.05) is 26.4 Å². The summed E-state index contributed by atoms with van der Waals surface area (Å²) in [4.78, 5) is 49.2. The molecule has 24 atom stereocenters. The smallest absolute Gasteiger partial charge is 0.339 e. The summed E-state index contributed by atoms with van der Waals surface area (Å²) in [7, 11) is 0. The van der Waals surface area contributed by atoms with Crippen LogP contribution in [-0.2, 0) is 39.8 Å². The zero-order valence-electron chi connectivity index (χ0n) is 43.2. The molecule has 73 heavy (non-hydrogen) atoms. The predicted octanol–water partition coefficient (Wildman–Crippen LogP) is 6.97. The summed E-state index contributed by atoms with van der Waals surface area (Å²) >= 11 is 0. The number of furan rings is 1. The molecule has 8 saturated carbocycles. The number of fused-ring (bicyclic) bond motifs is 3. The first kappa shape index (κ1) is 46.1. The number of aliphatic hydroxyl groups is 3. The third-order valence-corrected chi connectivity index (χ3v) is 26.3. The molecule has 7 aliphatic heterocycles. The van der Waals surface area contributed by atoms with Crippen molar-refractivity contribution in [2.24, 2.45) is 98.6 Å². The zero-order chi connectivity index (χ0) is 49.6. The molecule has 5 saturated heterocycles. The van der Waals surface area contributed by atoms with E-state index in [1.165, 1.54) is 31.3 Å². The molecule has 0 radical (unpaired) electrons. The summed E-state index contributed by atoms with van der Waals surface area (Å²) in [5.74, 6) is 0.480. The van der Waals surface area contributed by atoms with E-state index in [0.29, 0.717) is 60.7 Å². The van der Waals surface area contributed by atoms with Gasteiger partial charge in [0, 0.05) is 41.3 Å². The second-order valence-corrected chi connectivity index (χ2v) is 28.1. The highest BCUT2D eigenvalue weighted by atomic mass is 16.7. The zero-order valence-corrected chi connectivity index (χ0v) is 43.2. The lowest BCUT2D eigenvalue weighted by molar-refractivity contribution is -0.281. The first-order valence-corrected chi connectivity index (χ1v) is 29.4. The van der Waals surface area contributed by atoms with Crippen LogP contribution >= 0.6 is 0 Å². The van der Waals surface area contributed by atoms with E-state index in [1.54, 1.807) is 6.26 Å². The molecule has 13 nitrogen and oxygen atoms in total. The SMILES string of the molecule is C[C@H](C1CCCC1)[C@@H]1CCC[C@]23O[C@]45C(=C[C@@H]12)C[C@@H]1CCC[C@]12C[C@@H]1C[C@@]6(C)[C@H](c7ccoc7C[C@@H]([C@H]7CC[C@H]8[C@H](C=CN9CNC[C@H]89)C7)[C@H](O)CO)OC(=O)[C@H]7O[C@]76[C@]6(C)[C@H](O)C(=O)[C@H]3[C@@]4(COC(=O)[C@@H]25)[C@@H]16. The number of ether oxygens (including phenoxy) is 4. The first-order valence-electron chi connectivity index (χ1n) is 29.4. The number of rotatable bonds is 8. The van der Waals surface area contributed by atoms with Crippen molar-refractivity contribution in [1.82, 2.24) is 10.2 Å². The van der Waals surface area contributed by atoms with Crippen LogP contribution in [0.4, 0.5) is 0 Å². The fourth-order valence-electron chi connectivity index (χ4n) is 24.0. The molecule has 5 spiro atoms. The number of epoxide rings is 1. The molecule has 0 aromatic carbocycles. The fraction of sp³-hybridized carbons (Fsp3) is 0.817. The maximum Gasteiger partial charge on any atom is 0.339 e. The van der Waals surface area contributed by atoms with Gasteiger partial charge in [0.1, 0.15) is 35.8 Å². The van der Waals surface area contributed by atoms with Crippen molar-refractivity contribution in [1.29, 1.82) is 0 Å². The van der Waals surface area contributed by atoms with Gasteiger partial charge < -0.3 is 43.6 Å². The van der Waals surface area contributed by atoms with Crippen molar-refractivity contribution in [3.8, 4) is 0 Å². The number of carbonyl (C=O) groups excluding carboxylic acids is 3. The van der Waals surface area contributed by atoms with E-state index in [2.05, 4.69) is 49.3 Å². The van der Waals surface area contributed by atoms with Crippen LogP contribution in [0.3, 0.4) is 0 Å². The number of allylic oxidation sites excluding steroid dienone is 1. The molecule has 15 aliphatic rings. The predicted molar refractivity (Wildman–Crippen MR) is 262 cm³/mol. The molecular weight excluding hydrogens is 925 g/mol. The van der Waals surface area contributed by atoms with E-state index >= 15 is 9.59 Å². The number of nitrogens with one attached hydrogen (secondary N) is 1. The number of cyclic esters (lactones) is 2. The summed E-state index contributed by atoms with van der Waals surface area (Å²) in [6.07, 6.45) is 20.7. The summed E-state index contributed by atoms with van der Waals surface area (Å²) in [6, 6.07) is 2.40. The standard InChI is InChI=1S/C60H78N2O11/c1-30(31-8-4-5-9-31)37-11-7-17-58-41(37)22-36-21-35-10-6-16-56(35)25-34-24-54(2)50(39-15-19-69-44(39)23-40(43(64)27-63)32-12-13-38-33(20-32)14-18-62-29-61-26-42(38)62)71-53(68)51-60(54,72-51)55(3)46(34)57(47(58)45(65)49(55)66)28-70-52(67)48(56)59(36,57)73-58/h14-15,18-19,22,30-35,37-38,40-43,46-51,61,63-64,66H,4-13,16-17,20-21,23-29H2,1-3H3/t30-,32+,33-,34+,35+,37+,38+,40+,41+,42-,43-,46+,47+,48+,49-,50+,51-,54+,55+,56+,57-,58+,59+,60-/m1/s1. The van der Waals surface area contributed by atoms with Gasteiger partial charge in [0.25, 0.3) is 0 Å².